The van der Waals surface area contributed by atoms with Crippen molar-refractivity contribution >= 4 is 5.84 Å². The monoisotopic (exact) mass is 141 g/mol. The van der Waals surface area contributed by atoms with E-state index in [2.05, 4.69) is 11.9 Å². The van der Waals surface area contributed by atoms with Gasteiger partial charge in [-0.2, -0.15) is 0 Å². The summed E-state index contributed by atoms with van der Waals surface area (Å²) in [5.41, 5.74) is 5.38. The Kier molecular flexibility index (Phi) is 2.27. The van der Waals surface area contributed by atoms with Gasteiger partial charge < -0.3 is 10.6 Å². The smallest absolute Gasteiger partial charge is 0.0937 e. The quantitative estimate of drug-likeness (QED) is 0.406. The van der Waals surface area contributed by atoms with Gasteiger partial charge in [0.2, 0.25) is 0 Å². The van der Waals surface area contributed by atoms with E-state index in [-0.39, 0.29) is 0 Å². The summed E-state index contributed by atoms with van der Waals surface area (Å²) in [5, 5.41) is 7.21. The summed E-state index contributed by atoms with van der Waals surface area (Å²) in [5.74, 6) is 0.726. The minimum Gasteiger partial charge on any atom is -0.387 e. The zero-order valence-corrected chi connectivity index (χ0v) is 6.43. The zero-order chi connectivity index (χ0) is 7.56. The molecule has 1 saturated heterocycles. The topological polar surface area (TPSA) is 53.1 Å². The van der Waals surface area contributed by atoms with Gasteiger partial charge in [0.25, 0.3) is 0 Å². The van der Waals surface area contributed by atoms with E-state index in [4.69, 9.17) is 11.1 Å². The van der Waals surface area contributed by atoms with E-state index >= 15 is 0 Å². The lowest BCUT2D eigenvalue weighted by atomic mass is 9.96. The van der Waals surface area contributed by atoms with Crippen LogP contribution in [0.5, 0.6) is 0 Å². The third-order valence-corrected chi connectivity index (χ3v) is 2.16. The van der Waals surface area contributed by atoms with Crippen LogP contribution in [-0.2, 0) is 0 Å². The molecule has 58 valence electrons. The van der Waals surface area contributed by atoms with Gasteiger partial charge in [-0.3, -0.25) is 5.41 Å². The van der Waals surface area contributed by atoms with Crippen LogP contribution in [0.1, 0.15) is 12.8 Å². The third kappa shape index (κ3) is 1.70. The number of hydrogen-bond donors (Lipinski definition) is 2. The lowest BCUT2D eigenvalue weighted by Gasteiger charge is -2.27. The summed E-state index contributed by atoms with van der Waals surface area (Å²) >= 11 is 0. The number of amidine groups is 1. The molecule has 10 heavy (non-hydrogen) atoms. The van der Waals surface area contributed by atoms with Gasteiger partial charge in [-0.05, 0) is 33.0 Å². The van der Waals surface area contributed by atoms with Crippen LogP contribution in [0.4, 0.5) is 0 Å². The van der Waals surface area contributed by atoms with Crippen molar-refractivity contribution in [3.63, 3.8) is 0 Å². The van der Waals surface area contributed by atoms with Crippen molar-refractivity contribution in [2.75, 3.05) is 20.1 Å². The van der Waals surface area contributed by atoms with Gasteiger partial charge in [-0.15, -0.1) is 0 Å². The Hall–Kier alpha value is -0.570. The molecule has 0 aromatic carbocycles. The highest BCUT2D eigenvalue weighted by molar-refractivity contribution is 5.79. The summed E-state index contributed by atoms with van der Waals surface area (Å²) < 4.78 is 0. The lowest BCUT2D eigenvalue weighted by molar-refractivity contribution is 0.251. The Morgan fingerprint density at radius 2 is 2.00 bits per heavy atom. The molecule has 0 amide bonds. The predicted molar refractivity (Wildman–Crippen MR) is 42.1 cm³/mol. The summed E-state index contributed by atoms with van der Waals surface area (Å²) in [4.78, 5) is 2.28. The second-order valence-corrected chi connectivity index (χ2v) is 3.03. The summed E-state index contributed by atoms with van der Waals surface area (Å²) in [7, 11) is 2.11. The van der Waals surface area contributed by atoms with Gasteiger partial charge in [0.1, 0.15) is 0 Å². The molecular formula is C7H15N3. The van der Waals surface area contributed by atoms with Gasteiger partial charge in [-0.1, -0.05) is 0 Å². The molecule has 1 heterocycles. The molecule has 3 heteroatoms. The van der Waals surface area contributed by atoms with Crippen molar-refractivity contribution in [1.29, 1.82) is 5.41 Å². The number of likely N-dealkylation sites (tertiary alicyclic amines) is 1. The number of rotatable bonds is 1. The van der Waals surface area contributed by atoms with E-state index in [1.54, 1.807) is 0 Å². The SMILES string of the molecule is CN1CCC(C(=N)N)CC1. The average Bonchev–Trinajstić information content (AvgIpc) is 1.88. The van der Waals surface area contributed by atoms with E-state index in [0.29, 0.717) is 11.8 Å². The van der Waals surface area contributed by atoms with Crippen LogP contribution in [0.3, 0.4) is 0 Å². The fourth-order valence-electron chi connectivity index (χ4n) is 1.32. The van der Waals surface area contributed by atoms with Gasteiger partial charge in [0, 0.05) is 5.92 Å². The first-order valence-electron chi connectivity index (χ1n) is 3.72. The molecule has 3 nitrogen and oxygen atoms in total. The molecular weight excluding hydrogens is 126 g/mol. The van der Waals surface area contributed by atoms with E-state index in [9.17, 15) is 0 Å². The van der Waals surface area contributed by atoms with Gasteiger partial charge >= 0.3 is 0 Å². The molecule has 3 N–H and O–H groups in total. The van der Waals surface area contributed by atoms with Crippen LogP contribution in [0.2, 0.25) is 0 Å². The Labute approximate surface area is 61.7 Å². The van der Waals surface area contributed by atoms with Gasteiger partial charge in [0.15, 0.2) is 0 Å². The Bertz CT molecular complexity index is 125. The molecule has 0 bridgehead atoms. The molecule has 0 aromatic rings. The molecule has 1 aliphatic rings. The summed E-state index contributed by atoms with van der Waals surface area (Å²) in [6.07, 6.45) is 2.12. The number of hydrogen-bond acceptors (Lipinski definition) is 2. The Balaban J connectivity index is 2.33. The maximum atomic E-state index is 7.21. The van der Waals surface area contributed by atoms with Crippen molar-refractivity contribution in [3.8, 4) is 0 Å². The van der Waals surface area contributed by atoms with Crippen LogP contribution < -0.4 is 5.73 Å². The van der Waals surface area contributed by atoms with Crippen LogP contribution in [-0.4, -0.2) is 30.9 Å². The molecule has 0 saturated carbocycles. The average molecular weight is 141 g/mol. The highest BCUT2D eigenvalue weighted by atomic mass is 15.1. The van der Waals surface area contributed by atoms with Crippen molar-refractivity contribution in [2.24, 2.45) is 11.7 Å². The third-order valence-electron chi connectivity index (χ3n) is 2.16. The minimum absolute atomic E-state index is 0.358. The Morgan fingerprint density at radius 1 is 1.50 bits per heavy atom. The standard InChI is InChI=1S/C7H15N3/c1-10-4-2-6(3-5-10)7(8)9/h6H,2-5H2,1H3,(H3,8,9). The van der Waals surface area contributed by atoms with E-state index in [0.717, 1.165) is 25.9 Å². The van der Waals surface area contributed by atoms with E-state index < -0.39 is 0 Å². The Morgan fingerprint density at radius 3 is 2.40 bits per heavy atom. The van der Waals surface area contributed by atoms with Crippen LogP contribution >= 0.6 is 0 Å². The summed E-state index contributed by atoms with van der Waals surface area (Å²) in [6.45, 7) is 2.18. The van der Waals surface area contributed by atoms with Gasteiger partial charge in [-0.25, -0.2) is 0 Å². The van der Waals surface area contributed by atoms with Crippen molar-refractivity contribution < 1.29 is 0 Å². The van der Waals surface area contributed by atoms with Crippen molar-refractivity contribution in [1.82, 2.24) is 4.90 Å². The van der Waals surface area contributed by atoms with Crippen molar-refractivity contribution in [2.45, 2.75) is 12.8 Å². The van der Waals surface area contributed by atoms with Crippen LogP contribution in [0.15, 0.2) is 0 Å². The maximum Gasteiger partial charge on any atom is 0.0937 e. The zero-order valence-electron chi connectivity index (χ0n) is 6.43. The van der Waals surface area contributed by atoms with E-state index in [1.165, 1.54) is 0 Å². The minimum atomic E-state index is 0.358. The molecule has 0 unspecified atom stereocenters. The van der Waals surface area contributed by atoms with Crippen LogP contribution in [0, 0.1) is 11.3 Å². The largest absolute Gasteiger partial charge is 0.387 e. The molecule has 0 atom stereocenters. The number of piperidine rings is 1. The second kappa shape index (κ2) is 3.01. The number of nitrogens with two attached hydrogens (primary N) is 1. The predicted octanol–water partition coefficient (Wildman–Crippen LogP) is 0.264. The normalized spacial score (nSPS) is 22.9. The molecule has 1 rings (SSSR count). The highest BCUT2D eigenvalue weighted by Crippen LogP contribution is 2.14. The summed E-state index contributed by atoms with van der Waals surface area (Å²) in [6, 6.07) is 0. The molecule has 0 spiro atoms. The van der Waals surface area contributed by atoms with Crippen molar-refractivity contribution in [3.05, 3.63) is 0 Å². The van der Waals surface area contributed by atoms with E-state index in [1.807, 2.05) is 0 Å². The first-order valence-corrected chi connectivity index (χ1v) is 3.72. The number of nitrogens with one attached hydrogen (secondary N) is 1. The van der Waals surface area contributed by atoms with Crippen LogP contribution in [0.25, 0.3) is 0 Å². The molecule has 0 aliphatic carbocycles. The molecule has 1 fully saturated rings. The maximum absolute atomic E-state index is 7.21. The molecule has 1 aliphatic heterocycles. The number of nitrogens with zero attached hydrogens (tertiary/aromatic N) is 1. The lowest BCUT2D eigenvalue weighted by Crippen LogP contribution is -2.35. The highest BCUT2D eigenvalue weighted by Gasteiger charge is 2.18. The fraction of sp³-hybridized carbons (Fsp3) is 0.857. The molecule has 0 radical (unpaired) electrons. The fourth-order valence-corrected chi connectivity index (χ4v) is 1.32. The first-order chi connectivity index (χ1) is 4.70. The van der Waals surface area contributed by atoms with Gasteiger partial charge in [0.05, 0.1) is 5.84 Å². The first kappa shape index (κ1) is 7.54. The second-order valence-electron chi connectivity index (χ2n) is 3.03. The molecule has 0 aromatic heterocycles.